The zero-order chi connectivity index (χ0) is 28.8. The molecule has 1 aliphatic carbocycles. The standard InChI is InChI=1S/C15H20O3.C6H12O5.C4H11N5/c1-9-5-4-8-15(3)13(18-15)12-11(7-6-9)10(2)14(16)17-12;7-2-4-6(10)3(8)1-5(9)11-4;1-9(2)4(7)8-3(5)6/h5,11-13H,2,4,6-8H2,1,3H3;3-10H,1-2H2;1-2H3,(H5,5,6,7,8)/b9-5+;;/t11-,12-,13-,15+;3-,4-,5?,6+;/m01./s1. The summed E-state index contributed by atoms with van der Waals surface area (Å²) >= 11 is 0. The van der Waals surface area contributed by atoms with E-state index in [0.717, 1.165) is 25.7 Å². The predicted octanol–water partition coefficient (Wildman–Crippen LogP) is -0.464. The molecule has 3 saturated heterocycles. The molecule has 13 nitrogen and oxygen atoms in total. The van der Waals surface area contributed by atoms with E-state index in [1.54, 1.807) is 14.1 Å². The molecule has 0 spiro atoms. The van der Waals surface area contributed by atoms with E-state index < -0.39 is 31.2 Å². The molecular weight excluding hydrogens is 498 g/mol. The zero-order valence-electron chi connectivity index (χ0n) is 22.5. The van der Waals surface area contributed by atoms with Crippen molar-refractivity contribution in [1.82, 2.24) is 10.2 Å². The van der Waals surface area contributed by atoms with Crippen molar-refractivity contribution in [1.29, 1.82) is 10.8 Å². The number of hydrogen-bond donors (Lipinski definition) is 8. The quantitative estimate of drug-likeness (QED) is 0.0530. The molecule has 216 valence electrons. The average Bonchev–Trinajstić information content (AvgIpc) is 3.42. The highest BCUT2D eigenvalue weighted by Gasteiger charge is 2.61. The first-order chi connectivity index (χ1) is 17.7. The van der Waals surface area contributed by atoms with E-state index in [1.807, 2.05) is 0 Å². The van der Waals surface area contributed by atoms with Crippen LogP contribution in [0.3, 0.4) is 0 Å². The van der Waals surface area contributed by atoms with Gasteiger partial charge in [0.15, 0.2) is 18.2 Å². The summed E-state index contributed by atoms with van der Waals surface area (Å²) in [6.07, 6.45) is 2.14. The lowest BCUT2D eigenvalue weighted by Crippen LogP contribution is -2.49. The molecule has 0 aromatic heterocycles. The number of aliphatic hydroxyl groups is 4. The number of esters is 1. The second kappa shape index (κ2) is 13.5. The van der Waals surface area contributed by atoms with Crippen LogP contribution in [0.5, 0.6) is 0 Å². The summed E-state index contributed by atoms with van der Waals surface area (Å²) in [6.45, 7) is 7.77. The molecule has 13 heteroatoms. The van der Waals surface area contributed by atoms with E-state index >= 15 is 0 Å². The molecule has 3 aliphatic heterocycles. The van der Waals surface area contributed by atoms with Gasteiger partial charge in [-0.15, -0.1) is 0 Å². The first-order valence-electron chi connectivity index (χ1n) is 12.6. The molecule has 3 fully saturated rings. The van der Waals surface area contributed by atoms with Gasteiger partial charge in [0.1, 0.15) is 24.4 Å². The van der Waals surface area contributed by atoms with E-state index in [1.165, 1.54) is 10.5 Å². The number of nitrogens with one attached hydrogen (secondary N) is 3. The minimum absolute atomic E-state index is 0.0162. The second-order valence-corrected chi connectivity index (χ2v) is 10.4. The Morgan fingerprint density at radius 1 is 1.32 bits per heavy atom. The van der Waals surface area contributed by atoms with E-state index in [2.05, 4.69) is 31.8 Å². The van der Waals surface area contributed by atoms with Crippen molar-refractivity contribution in [2.45, 2.75) is 88.4 Å². The van der Waals surface area contributed by atoms with Crippen LogP contribution in [0.25, 0.3) is 0 Å². The smallest absolute Gasteiger partial charge is 0.334 e. The first-order valence-corrected chi connectivity index (χ1v) is 12.6. The highest BCUT2D eigenvalue weighted by Crippen LogP contribution is 2.49. The SMILES string of the molecule is C=C1C(=O)O[C@H]2[C@H]1CC/C(C)=C/CC[C@@]1(C)O[C@@H]21.CN(C)C(=N)NC(=N)N.OC[C@H]1OC(O)C[C@@H](O)[C@@H]1O. The molecule has 0 saturated carbocycles. The number of carbonyl (C=O) groups excluding carboxylic acids is 1. The summed E-state index contributed by atoms with van der Waals surface area (Å²) in [6, 6.07) is 0. The van der Waals surface area contributed by atoms with E-state index in [4.69, 9.17) is 51.2 Å². The van der Waals surface area contributed by atoms with Gasteiger partial charge in [-0.3, -0.25) is 16.1 Å². The average molecular weight is 542 g/mol. The van der Waals surface area contributed by atoms with Crippen LogP contribution in [-0.4, -0.2) is 106 Å². The summed E-state index contributed by atoms with van der Waals surface area (Å²) < 4.78 is 16.0. The van der Waals surface area contributed by atoms with E-state index in [-0.39, 0.29) is 48.0 Å². The molecule has 38 heavy (non-hydrogen) atoms. The Morgan fingerprint density at radius 3 is 2.53 bits per heavy atom. The number of rotatable bonds is 1. The number of guanidine groups is 2. The van der Waals surface area contributed by atoms with Crippen LogP contribution in [0, 0.1) is 16.7 Å². The Bertz CT molecular complexity index is 912. The van der Waals surface area contributed by atoms with Crippen molar-refractivity contribution < 1.29 is 39.4 Å². The minimum atomic E-state index is -1.11. The van der Waals surface area contributed by atoms with Crippen LogP contribution in [-0.2, 0) is 19.0 Å². The van der Waals surface area contributed by atoms with Gasteiger partial charge < -0.3 is 45.3 Å². The molecule has 0 radical (unpaired) electrons. The Morgan fingerprint density at radius 2 is 1.97 bits per heavy atom. The summed E-state index contributed by atoms with van der Waals surface area (Å²) in [7, 11) is 3.39. The number of nitrogens with zero attached hydrogens (tertiary/aromatic N) is 1. The van der Waals surface area contributed by atoms with Gasteiger partial charge in [0.05, 0.1) is 18.3 Å². The van der Waals surface area contributed by atoms with Crippen LogP contribution in [0.2, 0.25) is 0 Å². The van der Waals surface area contributed by atoms with Gasteiger partial charge in [0, 0.05) is 32.0 Å². The minimum Gasteiger partial charge on any atom is -0.455 e. The molecule has 3 heterocycles. The van der Waals surface area contributed by atoms with Crippen LogP contribution in [0.4, 0.5) is 0 Å². The normalized spacial score (nSPS) is 37.3. The monoisotopic (exact) mass is 541 g/mol. The number of nitrogens with two attached hydrogens (primary N) is 1. The molecule has 0 aromatic rings. The lowest BCUT2D eigenvalue weighted by atomic mass is 9.84. The number of allylic oxidation sites excluding steroid dienone is 2. The fourth-order valence-corrected chi connectivity index (χ4v) is 4.53. The Labute approximate surface area is 223 Å². The zero-order valence-corrected chi connectivity index (χ0v) is 22.5. The van der Waals surface area contributed by atoms with E-state index in [0.29, 0.717) is 5.57 Å². The molecule has 0 bridgehead atoms. The third kappa shape index (κ3) is 8.48. The maximum Gasteiger partial charge on any atom is 0.334 e. The Kier molecular flexibility index (Phi) is 11.2. The van der Waals surface area contributed by atoms with Crippen molar-refractivity contribution in [2.24, 2.45) is 11.7 Å². The fraction of sp³-hybridized carbons (Fsp3) is 0.720. The number of aliphatic hydroxyl groups excluding tert-OH is 4. The Balaban J connectivity index is 0.000000219. The maximum atomic E-state index is 11.7. The van der Waals surface area contributed by atoms with Gasteiger partial charge >= 0.3 is 5.97 Å². The van der Waals surface area contributed by atoms with Gasteiger partial charge in [-0.05, 0) is 39.5 Å². The van der Waals surface area contributed by atoms with Crippen molar-refractivity contribution >= 4 is 17.9 Å². The van der Waals surface area contributed by atoms with Gasteiger partial charge in [0.2, 0.25) is 0 Å². The van der Waals surface area contributed by atoms with Crippen LogP contribution >= 0.6 is 0 Å². The largest absolute Gasteiger partial charge is 0.455 e. The van der Waals surface area contributed by atoms with Gasteiger partial charge in [-0.1, -0.05) is 18.2 Å². The molecule has 9 N–H and O–H groups in total. The lowest BCUT2D eigenvalue weighted by Gasteiger charge is -2.33. The van der Waals surface area contributed by atoms with Crippen LogP contribution < -0.4 is 11.1 Å². The van der Waals surface area contributed by atoms with Crippen molar-refractivity contribution in [3.63, 3.8) is 0 Å². The number of epoxide rings is 1. The topological polar surface area (TPSA) is 218 Å². The van der Waals surface area contributed by atoms with Gasteiger partial charge in [0.25, 0.3) is 0 Å². The summed E-state index contributed by atoms with van der Waals surface area (Å²) in [5, 5.41) is 51.7. The van der Waals surface area contributed by atoms with E-state index in [9.17, 15) is 4.79 Å². The van der Waals surface area contributed by atoms with Crippen molar-refractivity contribution in [3.8, 4) is 0 Å². The summed E-state index contributed by atoms with van der Waals surface area (Å²) in [5.41, 5.74) is 6.85. The molecule has 4 aliphatic rings. The Hall–Kier alpha value is -2.55. The third-order valence-electron chi connectivity index (χ3n) is 7.00. The number of hydrogen-bond acceptors (Lipinski definition) is 10. The van der Waals surface area contributed by atoms with Gasteiger partial charge in [-0.25, -0.2) is 4.79 Å². The molecule has 4 rings (SSSR count). The summed E-state index contributed by atoms with van der Waals surface area (Å²) in [4.78, 5) is 13.2. The second-order valence-electron chi connectivity index (χ2n) is 10.4. The van der Waals surface area contributed by atoms with Crippen molar-refractivity contribution in [2.75, 3.05) is 20.7 Å². The molecule has 1 unspecified atom stereocenters. The lowest BCUT2D eigenvalue weighted by molar-refractivity contribution is -0.239. The summed E-state index contributed by atoms with van der Waals surface area (Å²) in [5.74, 6) is -0.203. The fourth-order valence-electron chi connectivity index (χ4n) is 4.53. The number of carbonyl (C=O) groups is 1. The molecule has 0 amide bonds. The van der Waals surface area contributed by atoms with Crippen LogP contribution in [0.15, 0.2) is 23.8 Å². The van der Waals surface area contributed by atoms with Crippen molar-refractivity contribution in [3.05, 3.63) is 23.8 Å². The maximum absolute atomic E-state index is 11.7. The number of fused-ring (bicyclic) bond motifs is 3. The highest BCUT2D eigenvalue weighted by atomic mass is 16.6. The first kappa shape index (κ1) is 31.7. The third-order valence-corrected chi connectivity index (χ3v) is 7.00. The molecule has 8 atom stereocenters. The van der Waals surface area contributed by atoms with Gasteiger partial charge in [-0.2, -0.15) is 0 Å². The highest BCUT2D eigenvalue weighted by molar-refractivity contribution is 5.94. The number of ether oxygens (including phenoxy) is 3. The van der Waals surface area contributed by atoms with Crippen LogP contribution in [0.1, 0.15) is 46.0 Å². The molecular formula is C25H43N5O8. The molecule has 0 aromatic carbocycles. The predicted molar refractivity (Wildman–Crippen MR) is 139 cm³/mol.